The molecule has 0 aliphatic rings. The van der Waals surface area contributed by atoms with E-state index in [1.807, 2.05) is 18.2 Å². The molecule has 0 aliphatic heterocycles. The van der Waals surface area contributed by atoms with Crippen molar-refractivity contribution in [3.63, 3.8) is 0 Å². The van der Waals surface area contributed by atoms with Crippen molar-refractivity contribution in [1.82, 2.24) is 5.43 Å². The minimum atomic E-state index is 0.0285. The van der Waals surface area contributed by atoms with E-state index < -0.39 is 0 Å². The lowest BCUT2D eigenvalue weighted by Crippen LogP contribution is -2.11. The number of ether oxygens (including phenoxy) is 2. The van der Waals surface area contributed by atoms with Gasteiger partial charge in [0.15, 0.2) is 11.5 Å². The van der Waals surface area contributed by atoms with Crippen LogP contribution in [-0.2, 0) is 6.61 Å². The summed E-state index contributed by atoms with van der Waals surface area (Å²) in [4.78, 5) is 0. The SMILES string of the molecule is COc1cc(/C=N/NCCO)ccc1OCc1ccc(Cl)cc1Cl. The first-order valence-electron chi connectivity index (χ1n) is 7.25. The van der Waals surface area contributed by atoms with Crippen LogP contribution in [0, 0.1) is 0 Å². The van der Waals surface area contributed by atoms with Crippen molar-refractivity contribution in [3.05, 3.63) is 57.6 Å². The molecule has 0 heterocycles. The lowest BCUT2D eigenvalue weighted by Gasteiger charge is -2.12. The molecule has 0 saturated carbocycles. The quantitative estimate of drug-likeness (QED) is 0.425. The van der Waals surface area contributed by atoms with Gasteiger partial charge in [-0.1, -0.05) is 29.3 Å². The van der Waals surface area contributed by atoms with E-state index in [2.05, 4.69) is 10.5 Å². The Kier molecular flexibility index (Phi) is 7.18. The fraction of sp³-hybridized carbons (Fsp3) is 0.235. The van der Waals surface area contributed by atoms with E-state index in [9.17, 15) is 0 Å². The van der Waals surface area contributed by atoms with Crippen LogP contribution in [0.3, 0.4) is 0 Å². The number of halogens is 2. The van der Waals surface area contributed by atoms with E-state index in [0.717, 1.165) is 11.1 Å². The molecular formula is C17H18Cl2N2O3. The third-order valence-corrected chi connectivity index (χ3v) is 3.70. The molecule has 7 heteroatoms. The molecule has 0 spiro atoms. The Bertz CT molecular complexity index is 708. The van der Waals surface area contributed by atoms with Gasteiger partial charge in [0.05, 0.1) is 26.5 Å². The maximum atomic E-state index is 8.68. The summed E-state index contributed by atoms with van der Waals surface area (Å²) in [6.45, 7) is 0.731. The molecular weight excluding hydrogens is 351 g/mol. The summed E-state index contributed by atoms with van der Waals surface area (Å²) in [7, 11) is 1.57. The van der Waals surface area contributed by atoms with Crippen LogP contribution in [0.2, 0.25) is 10.0 Å². The number of benzene rings is 2. The molecule has 0 aromatic heterocycles. The summed E-state index contributed by atoms with van der Waals surface area (Å²) < 4.78 is 11.1. The van der Waals surface area contributed by atoms with Crippen LogP contribution >= 0.6 is 23.2 Å². The number of rotatable bonds is 8. The second-order valence-electron chi connectivity index (χ2n) is 4.82. The van der Waals surface area contributed by atoms with E-state index >= 15 is 0 Å². The number of hydrogen-bond donors (Lipinski definition) is 2. The first kappa shape index (κ1) is 18.4. The normalized spacial score (nSPS) is 10.8. The van der Waals surface area contributed by atoms with E-state index in [4.69, 9.17) is 37.8 Å². The average Bonchev–Trinajstić information content (AvgIpc) is 2.58. The van der Waals surface area contributed by atoms with Gasteiger partial charge in [0.2, 0.25) is 0 Å². The van der Waals surface area contributed by atoms with Crippen LogP contribution < -0.4 is 14.9 Å². The Morgan fingerprint density at radius 1 is 1.17 bits per heavy atom. The molecule has 0 unspecified atom stereocenters. The number of methoxy groups -OCH3 is 1. The summed E-state index contributed by atoms with van der Waals surface area (Å²) in [6, 6.07) is 10.7. The highest BCUT2D eigenvalue weighted by Gasteiger charge is 2.07. The molecule has 2 aromatic carbocycles. The Morgan fingerprint density at radius 2 is 2.00 bits per heavy atom. The number of aliphatic hydroxyl groups is 1. The van der Waals surface area contributed by atoms with E-state index in [0.29, 0.717) is 34.7 Å². The standard InChI is InChI=1S/C17H18Cl2N2O3/c1-23-17-8-12(10-21-20-6-7-22)2-5-16(17)24-11-13-3-4-14(18)9-15(13)19/h2-5,8-10,20,22H,6-7,11H2,1H3/b21-10+. The molecule has 0 bridgehead atoms. The third kappa shape index (κ3) is 5.30. The zero-order valence-electron chi connectivity index (χ0n) is 13.1. The van der Waals surface area contributed by atoms with Gasteiger partial charge in [0.1, 0.15) is 6.61 Å². The van der Waals surface area contributed by atoms with Crippen molar-refractivity contribution in [2.45, 2.75) is 6.61 Å². The summed E-state index contributed by atoms with van der Waals surface area (Å²) in [5.74, 6) is 1.19. The van der Waals surface area contributed by atoms with Gasteiger partial charge in [-0.3, -0.25) is 0 Å². The molecule has 0 radical (unpaired) electrons. The topological polar surface area (TPSA) is 63.1 Å². The van der Waals surface area contributed by atoms with Crippen molar-refractivity contribution in [3.8, 4) is 11.5 Å². The smallest absolute Gasteiger partial charge is 0.161 e. The number of hydrogen-bond acceptors (Lipinski definition) is 5. The number of aliphatic hydroxyl groups excluding tert-OH is 1. The van der Waals surface area contributed by atoms with E-state index in [1.54, 1.807) is 31.5 Å². The fourth-order valence-corrected chi connectivity index (χ4v) is 2.38. The first-order valence-corrected chi connectivity index (χ1v) is 8.01. The minimum Gasteiger partial charge on any atom is -0.493 e. The molecule has 0 atom stereocenters. The van der Waals surface area contributed by atoms with Crippen molar-refractivity contribution >= 4 is 29.4 Å². The van der Waals surface area contributed by atoms with Gasteiger partial charge in [0.25, 0.3) is 0 Å². The van der Waals surface area contributed by atoms with Crippen molar-refractivity contribution in [1.29, 1.82) is 0 Å². The maximum absolute atomic E-state index is 8.68. The highest BCUT2D eigenvalue weighted by atomic mass is 35.5. The molecule has 2 rings (SSSR count). The highest BCUT2D eigenvalue weighted by molar-refractivity contribution is 6.35. The van der Waals surface area contributed by atoms with Gasteiger partial charge in [-0.05, 0) is 35.9 Å². The Morgan fingerprint density at radius 3 is 2.71 bits per heavy atom. The fourth-order valence-electron chi connectivity index (χ4n) is 1.91. The summed E-state index contributed by atoms with van der Waals surface area (Å²) in [5.41, 5.74) is 4.39. The highest BCUT2D eigenvalue weighted by Crippen LogP contribution is 2.29. The van der Waals surface area contributed by atoms with Crippen LogP contribution in [0.1, 0.15) is 11.1 Å². The Hall–Kier alpha value is -1.95. The second kappa shape index (κ2) is 9.37. The van der Waals surface area contributed by atoms with Crippen LogP contribution in [-0.4, -0.2) is 31.6 Å². The number of nitrogens with one attached hydrogen (secondary N) is 1. The molecule has 5 nitrogen and oxygen atoms in total. The molecule has 0 amide bonds. The van der Waals surface area contributed by atoms with Gasteiger partial charge >= 0.3 is 0 Å². The summed E-state index contributed by atoms with van der Waals surface area (Å²) in [5, 5.41) is 13.8. The van der Waals surface area contributed by atoms with Crippen molar-refractivity contribution in [2.24, 2.45) is 5.10 Å². The molecule has 24 heavy (non-hydrogen) atoms. The predicted octanol–water partition coefficient (Wildman–Crippen LogP) is 3.50. The largest absolute Gasteiger partial charge is 0.493 e. The molecule has 0 fully saturated rings. The summed E-state index contributed by atoms with van der Waals surface area (Å²) in [6.07, 6.45) is 1.64. The second-order valence-corrected chi connectivity index (χ2v) is 5.67. The van der Waals surface area contributed by atoms with Crippen LogP contribution in [0.15, 0.2) is 41.5 Å². The third-order valence-electron chi connectivity index (χ3n) is 3.11. The van der Waals surface area contributed by atoms with Crippen LogP contribution in [0.25, 0.3) is 0 Å². The minimum absolute atomic E-state index is 0.0285. The Labute approximate surface area is 150 Å². The molecule has 128 valence electrons. The molecule has 0 aliphatic carbocycles. The maximum Gasteiger partial charge on any atom is 0.161 e. The summed E-state index contributed by atoms with van der Waals surface area (Å²) >= 11 is 12.0. The van der Waals surface area contributed by atoms with Crippen LogP contribution in [0.5, 0.6) is 11.5 Å². The Balaban J connectivity index is 2.05. The predicted molar refractivity (Wildman–Crippen MR) is 96.5 cm³/mol. The average molecular weight is 369 g/mol. The first-order chi connectivity index (χ1) is 11.6. The van der Waals surface area contributed by atoms with Gasteiger partial charge in [-0.15, -0.1) is 0 Å². The van der Waals surface area contributed by atoms with Gasteiger partial charge in [-0.25, -0.2) is 0 Å². The van der Waals surface area contributed by atoms with E-state index in [-0.39, 0.29) is 6.61 Å². The van der Waals surface area contributed by atoms with Crippen LogP contribution in [0.4, 0.5) is 0 Å². The van der Waals surface area contributed by atoms with Crippen molar-refractivity contribution in [2.75, 3.05) is 20.3 Å². The van der Waals surface area contributed by atoms with Gasteiger partial charge in [0, 0.05) is 15.6 Å². The zero-order chi connectivity index (χ0) is 17.4. The molecule has 2 aromatic rings. The van der Waals surface area contributed by atoms with E-state index in [1.165, 1.54) is 0 Å². The number of nitrogens with zero attached hydrogens (tertiary/aromatic N) is 1. The molecule has 2 N–H and O–H groups in total. The lowest BCUT2D eigenvalue weighted by molar-refractivity contribution is 0.284. The number of hydrazone groups is 1. The van der Waals surface area contributed by atoms with Gasteiger partial charge in [-0.2, -0.15) is 5.10 Å². The molecule has 0 saturated heterocycles. The lowest BCUT2D eigenvalue weighted by atomic mass is 10.2. The van der Waals surface area contributed by atoms with Crippen molar-refractivity contribution < 1.29 is 14.6 Å². The zero-order valence-corrected chi connectivity index (χ0v) is 14.6. The monoisotopic (exact) mass is 368 g/mol. The van der Waals surface area contributed by atoms with Gasteiger partial charge < -0.3 is 20.0 Å².